The molecule has 0 saturated carbocycles. The van der Waals surface area contributed by atoms with Crippen molar-refractivity contribution in [2.24, 2.45) is 0 Å². The fourth-order valence-electron chi connectivity index (χ4n) is 2.21. The number of aromatic nitrogens is 1. The van der Waals surface area contributed by atoms with Crippen LogP contribution in [-0.2, 0) is 10.3 Å². The molecule has 0 saturated heterocycles. The smallest absolute Gasteiger partial charge is 0.238 e. The maximum absolute atomic E-state index is 11.0. The van der Waals surface area contributed by atoms with Crippen LogP contribution in [0.15, 0.2) is 48.5 Å². The van der Waals surface area contributed by atoms with Gasteiger partial charge in [-0.05, 0) is 47.5 Å². The summed E-state index contributed by atoms with van der Waals surface area (Å²) >= 11 is 5.88. The van der Waals surface area contributed by atoms with E-state index in [9.17, 15) is 13.5 Å². The molecule has 0 unspecified atom stereocenters. The molecule has 0 atom stereocenters. The van der Waals surface area contributed by atoms with Crippen LogP contribution >= 0.6 is 11.6 Å². The first kappa shape index (κ1) is 13.7. The van der Waals surface area contributed by atoms with Crippen LogP contribution in [0.3, 0.4) is 0 Å². The molecule has 1 heterocycles. The second kappa shape index (κ2) is 5.27. The van der Waals surface area contributed by atoms with Crippen molar-refractivity contribution >= 4 is 32.8 Å². The highest BCUT2D eigenvalue weighted by atomic mass is 35.5. The summed E-state index contributed by atoms with van der Waals surface area (Å²) in [7, 11) is -2.38. The number of phenolic OH excluding ortho intramolecular Hbond substituents is 1. The summed E-state index contributed by atoms with van der Waals surface area (Å²) in [6.07, 6.45) is 0. The van der Waals surface area contributed by atoms with Crippen molar-refractivity contribution < 1.29 is 13.5 Å². The van der Waals surface area contributed by atoms with E-state index in [-0.39, 0.29) is 10.4 Å². The highest BCUT2D eigenvalue weighted by Crippen LogP contribution is 2.33. The molecule has 0 spiro atoms. The van der Waals surface area contributed by atoms with E-state index >= 15 is 0 Å². The SMILES string of the molecule is O=S(=O)=c1ccc2c(-c3ccc(Cl)cc3)ccc(O)c2[nH]1. The summed E-state index contributed by atoms with van der Waals surface area (Å²) < 4.78 is 22.1. The van der Waals surface area contributed by atoms with E-state index in [1.54, 1.807) is 24.3 Å². The quantitative estimate of drug-likeness (QED) is 0.673. The van der Waals surface area contributed by atoms with Gasteiger partial charge in [-0.1, -0.05) is 23.7 Å². The van der Waals surface area contributed by atoms with Crippen molar-refractivity contribution in [3.05, 3.63) is 58.2 Å². The lowest BCUT2D eigenvalue weighted by Gasteiger charge is -2.08. The summed E-state index contributed by atoms with van der Waals surface area (Å²) in [5.74, 6) is -0.00462. The second-order valence-corrected chi connectivity index (χ2v) is 5.83. The van der Waals surface area contributed by atoms with Crippen LogP contribution in [0.4, 0.5) is 0 Å². The van der Waals surface area contributed by atoms with Crippen LogP contribution < -0.4 is 0 Å². The van der Waals surface area contributed by atoms with E-state index in [0.29, 0.717) is 10.5 Å². The summed E-state index contributed by atoms with van der Waals surface area (Å²) in [5.41, 5.74) is 2.18. The standard InChI is InChI=1S/C15H10ClNO3S/c16-10-3-1-9(2-4-10)11-5-7-13(18)15-12(11)6-8-14(17-15)21(19)20/h1-8,17-18H. The van der Waals surface area contributed by atoms with E-state index in [0.717, 1.165) is 16.5 Å². The predicted octanol–water partition coefficient (Wildman–Crippen LogP) is 3.60. The molecule has 106 valence electrons. The molecule has 0 fully saturated rings. The number of H-pyrrole nitrogens is 1. The molecule has 2 aromatic carbocycles. The first-order chi connectivity index (χ1) is 10.1. The average Bonchev–Trinajstić information content (AvgIpc) is 2.48. The van der Waals surface area contributed by atoms with Gasteiger partial charge in [0.05, 0.1) is 5.52 Å². The molecule has 21 heavy (non-hydrogen) atoms. The van der Waals surface area contributed by atoms with Crippen molar-refractivity contribution in [1.29, 1.82) is 0 Å². The molecule has 1 aromatic heterocycles. The molecule has 6 heteroatoms. The van der Waals surface area contributed by atoms with Gasteiger partial charge in [0, 0.05) is 10.4 Å². The number of benzene rings is 2. The number of pyridine rings is 1. The van der Waals surface area contributed by atoms with Crippen molar-refractivity contribution in [3.63, 3.8) is 0 Å². The van der Waals surface area contributed by atoms with Gasteiger partial charge in [-0.2, -0.15) is 8.42 Å². The number of rotatable bonds is 1. The van der Waals surface area contributed by atoms with E-state index in [4.69, 9.17) is 11.6 Å². The van der Waals surface area contributed by atoms with Crippen LogP contribution in [0.1, 0.15) is 0 Å². The van der Waals surface area contributed by atoms with E-state index in [2.05, 4.69) is 4.98 Å². The Hall–Kier alpha value is -2.24. The fourth-order valence-corrected chi connectivity index (χ4v) is 2.71. The Morgan fingerprint density at radius 1 is 0.952 bits per heavy atom. The first-order valence-corrected chi connectivity index (χ1v) is 7.55. The third kappa shape index (κ3) is 2.53. The van der Waals surface area contributed by atoms with Gasteiger partial charge in [0.1, 0.15) is 5.75 Å². The normalized spacial score (nSPS) is 10.7. The molecule has 0 aliphatic rings. The van der Waals surface area contributed by atoms with Crippen LogP contribution in [0.25, 0.3) is 22.0 Å². The van der Waals surface area contributed by atoms with Gasteiger partial charge in [0.15, 0.2) is 4.64 Å². The maximum atomic E-state index is 11.0. The van der Waals surface area contributed by atoms with Gasteiger partial charge < -0.3 is 10.1 Å². The van der Waals surface area contributed by atoms with Gasteiger partial charge >= 0.3 is 0 Å². The molecule has 0 aliphatic carbocycles. The Kier molecular flexibility index (Phi) is 3.45. The van der Waals surface area contributed by atoms with Gasteiger partial charge in [0.25, 0.3) is 0 Å². The Morgan fingerprint density at radius 2 is 1.67 bits per heavy atom. The molecule has 0 radical (unpaired) electrons. The summed E-state index contributed by atoms with van der Waals surface area (Å²) in [6, 6.07) is 13.7. The number of hydrogen-bond donors (Lipinski definition) is 2. The number of nitrogens with one attached hydrogen (secondary N) is 1. The lowest BCUT2D eigenvalue weighted by atomic mass is 10.0. The highest BCUT2D eigenvalue weighted by Gasteiger charge is 2.08. The Morgan fingerprint density at radius 3 is 2.33 bits per heavy atom. The van der Waals surface area contributed by atoms with Gasteiger partial charge in [-0.25, -0.2) is 0 Å². The molecule has 0 amide bonds. The van der Waals surface area contributed by atoms with Gasteiger partial charge in [-0.3, -0.25) is 0 Å². The van der Waals surface area contributed by atoms with Crippen LogP contribution in [-0.4, -0.2) is 18.5 Å². The molecule has 4 nitrogen and oxygen atoms in total. The van der Waals surface area contributed by atoms with Gasteiger partial charge in [-0.15, -0.1) is 0 Å². The fraction of sp³-hybridized carbons (Fsp3) is 0. The zero-order valence-corrected chi connectivity index (χ0v) is 12.2. The van der Waals surface area contributed by atoms with Crippen molar-refractivity contribution in [2.45, 2.75) is 0 Å². The summed E-state index contributed by atoms with van der Waals surface area (Å²) in [6.45, 7) is 0. The highest BCUT2D eigenvalue weighted by molar-refractivity contribution is 7.63. The number of phenols is 1. The topological polar surface area (TPSA) is 70.2 Å². The Balaban J connectivity index is 2.38. The molecule has 2 N–H and O–H groups in total. The van der Waals surface area contributed by atoms with E-state index in [1.807, 2.05) is 12.1 Å². The number of hydrogen-bond acceptors (Lipinski definition) is 3. The average molecular weight is 320 g/mol. The molecule has 3 aromatic rings. The number of fused-ring (bicyclic) bond motifs is 1. The molecular formula is C15H10ClNO3S. The monoisotopic (exact) mass is 319 g/mol. The third-order valence-electron chi connectivity index (χ3n) is 3.21. The third-order valence-corrected chi connectivity index (χ3v) is 4.06. The molecule has 0 bridgehead atoms. The predicted molar refractivity (Wildman–Crippen MR) is 82.6 cm³/mol. The summed E-state index contributed by atoms with van der Waals surface area (Å²) in [4.78, 5) is 2.73. The van der Waals surface area contributed by atoms with Crippen molar-refractivity contribution in [2.75, 3.05) is 0 Å². The minimum atomic E-state index is -2.38. The van der Waals surface area contributed by atoms with Crippen LogP contribution in [0.2, 0.25) is 5.02 Å². The van der Waals surface area contributed by atoms with Crippen LogP contribution in [0, 0.1) is 4.64 Å². The van der Waals surface area contributed by atoms with Crippen molar-refractivity contribution in [1.82, 2.24) is 4.98 Å². The molecule has 0 aliphatic heterocycles. The maximum Gasteiger partial charge on any atom is 0.238 e. The second-order valence-electron chi connectivity index (χ2n) is 4.49. The number of halogens is 1. The van der Waals surface area contributed by atoms with Gasteiger partial charge in [0.2, 0.25) is 10.3 Å². The molecular weight excluding hydrogens is 310 g/mol. The zero-order chi connectivity index (χ0) is 15.0. The first-order valence-electron chi connectivity index (χ1n) is 6.09. The Labute approximate surface area is 126 Å². The minimum Gasteiger partial charge on any atom is -0.506 e. The van der Waals surface area contributed by atoms with E-state index < -0.39 is 10.3 Å². The number of aromatic amines is 1. The summed E-state index contributed by atoms with van der Waals surface area (Å²) in [5, 5.41) is 11.3. The molecule has 3 rings (SSSR count). The van der Waals surface area contributed by atoms with E-state index in [1.165, 1.54) is 12.1 Å². The lowest BCUT2D eigenvalue weighted by Crippen LogP contribution is -1.87. The largest absolute Gasteiger partial charge is 0.506 e. The van der Waals surface area contributed by atoms with Crippen molar-refractivity contribution in [3.8, 4) is 16.9 Å². The zero-order valence-electron chi connectivity index (χ0n) is 10.7. The minimum absolute atomic E-state index is 0.00462. The number of aromatic hydroxyl groups is 1. The van der Waals surface area contributed by atoms with Crippen LogP contribution in [0.5, 0.6) is 5.75 Å². The lowest BCUT2D eigenvalue weighted by molar-refractivity contribution is 0.480. The Bertz CT molecular complexity index is 997.